The molecule has 1 aromatic heterocycles. The molecular formula is C13H18BrNO2. The van der Waals surface area contributed by atoms with E-state index in [4.69, 9.17) is 9.47 Å². The minimum Gasteiger partial charge on any atom is -0.473 e. The van der Waals surface area contributed by atoms with E-state index in [0.29, 0.717) is 5.88 Å². The number of pyridine rings is 1. The summed E-state index contributed by atoms with van der Waals surface area (Å²) < 4.78 is 12.6. The lowest BCUT2D eigenvalue weighted by atomic mass is 10.0. The molecule has 3 nitrogen and oxygen atoms in total. The Hall–Kier alpha value is -0.610. The number of aryl methyl sites for hydroxylation is 1. The maximum absolute atomic E-state index is 5.94. The van der Waals surface area contributed by atoms with Crippen LogP contribution in [0.1, 0.15) is 32.3 Å². The maximum Gasteiger partial charge on any atom is 0.228 e. The van der Waals surface area contributed by atoms with Gasteiger partial charge < -0.3 is 9.47 Å². The summed E-state index contributed by atoms with van der Waals surface area (Å²) in [7, 11) is 0. The number of aromatic nitrogens is 1. The Balaban J connectivity index is 2.04. The quantitative estimate of drug-likeness (QED) is 0.838. The van der Waals surface area contributed by atoms with Crippen LogP contribution in [0.25, 0.3) is 0 Å². The summed E-state index contributed by atoms with van der Waals surface area (Å²) in [5.74, 6) is 0.682. The molecule has 0 bridgehead atoms. The van der Waals surface area contributed by atoms with Gasteiger partial charge in [0, 0.05) is 19.0 Å². The Morgan fingerprint density at radius 2 is 2.00 bits per heavy atom. The standard InChI is InChI=1S/C13H18BrNO2/c1-8-4-12(14)13(15-7-8)17-11-5-9(2)16-10(3)6-11/h4,7,9-11H,5-6H2,1-3H3. The van der Waals surface area contributed by atoms with Crippen LogP contribution >= 0.6 is 15.9 Å². The highest BCUT2D eigenvalue weighted by Gasteiger charge is 2.26. The van der Waals surface area contributed by atoms with E-state index in [-0.39, 0.29) is 18.3 Å². The van der Waals surface area contributed by atoms with Gasteiger partial charge in [0.1, 0.15) is 6.10 Å². The fraction of sp³-hybridized carbons (Fsp3) is 0.615. The first-order chi connectivity index (χ1) is 8.04. The monoisotopic (exact) mass is 299 g/mol. The van der Waals surface area contributed by atoms with Crippen LogP contribution in [0.3, 0.4) is 0 Å². The van der Waals surface area contributed by atoms with E-state index < -0.39 is 0 Å². The third-order valence-corrected chi connectivity index (χ3v) is 3.44. The van der Waals surface area contributed by atoms with Gasteiger partial charge in [0.2, 0.25) is 5.88 Å². The van der Waals surface area contributed by atoms with Gasteiger partial charge in [-0.05, 0) is 48.3 Å². The molecule has 2 rings (SSSR count). The largest absolute Gasteiger partial charge is 0.473 e. The second-order valence-electron chi connectivity index (χ2n) is 4.77. The summed E-state index contributed by atoms with van der Waals surface area (Å²) in [4.78, 5) is 4.31. The molecule has 0 spiro atoms. The Kier molecular flexibility index (Phi) is 4.05. The molecule has 2 unspecified atom stereocenters. The SMILES string of the molecule is Cc1cnc(OC2CC(C)OC(C)C2)c(Br)c1. The molecule has 94 valence electrons. The van der Waals surface area contributed by atoms with Crippen molar-refractivity contribution in [1.82, 2.24) is 4.98 Å². The van der Waals surface area contributed by atoms with Crippen molar-refractivity contribution in [2.75, 3.05) is 0 Å². The molecule has 1 aliphatic heterocycles. The molecule has 1 saturated heterocycles. The van der Waals surface area contributed by atoms with Crippen LogP contribution in [0.5, 0.6) is 5.88 Å². The Morgan fingerprint density at radius 3 is 2.59 bits per heavy atom. The number of hydrogen-bond donors (Lipinski definition) is 0. The van der Waals surface area contributed by atoms with Gasteiger partial charge >= 0.3 is 0 Å². The summed E-state index contributed by atoms with van der Waals surface area (Å²) in [5.41, 5.74) is 1.12. The number of nitrogens with zero attached hydrogens (tertiary/aromatic N) is 1. The lowest BCUT2D eigenvalue weighted by Crippen LogP contribution is -2.35. The van der Waals surface area contributed by atoms with Crippen molar-refractivity contribution in [2.45, 2.75) is 51.9 Å². The van der Waals surface area contributed by atoms with Crippen LogP contribution in [-0.2, 0) is 4.74 Å². The van der Waals surface area contributed by atoms with Gasteiger partial charge in [0.15, 0.2) is 0 Å². The van der Waals surface area contributed by atoms with Crippen molar-refractivity contribution in [3.63, 3.8) is 0 Å². The van der Waals surface area contributed by atoms with E-state index >= 15 is 0 Å². The zero-order chi connectivity index (χ0) is 12.4. The van der Waals surface area contributed by atoms with Crippen molar-refractivity contribution in [1.29, 1.82) is 0 Å². The normalized spacial score (nSPS) is 29.1. The smallest absolute Gasteiger partial charge is 0.228 e. The number of hydrogen-bond acceptors (Lipinski definition) is 3. The summed E-state index contributed by atoms with van der Waals surface area (Å²) in [6, 6.07) is 2.02. The zero-order valence-corrected chi connectivity index (χ0v) is 12.0. The molecule has 1 fully saturated rings. The highest BCUT2D eigenvalue weighted by atomic mass is 79.9. The first-order valence-corrected chi connectivity index (χ1v) is 6.78. The molecule has 0 amide bonds. The first kappa shape index (κ1) is 12.8. The molecule has 2 atom stereocenters. The lowest BCUT2D eigenvalue weighted by Gasteiger charge is -2.32. The fourth-order valence-electron chi connectivity index (χ4n) is 2.21. The van der Waals surface area contributed by atoms with E-state index in [1.54, 1.807) is 0 Å². The van der Waals surface area contributed by atoms with Crippen LogP contribution in [-0.4, -0.2) is 23.3 Å². The summed E-state index contributed by atoms with van der Waals surface area (Å²) in [5, 5.41) is 0. The summed E-state index contributed by atoms with van der Waals surface area (Å²) in [6.45, 7) is 6.19. The van der Waals surface area contributed by atoms with E-state index in [1.165, 1.54) is 0 Å². The van der Waals surface area contributed by atoms with Gasteiger partial charge in [-0.3, -0.25) is 0 Å². The number of halogens is 1. The van der Waals surface area contributed by atoms with Gasteiger partial charge in [-0.2, -0.15) is 0 Å². The Morgan fingerprint density at radius 1 is 1.35 bits per heavy atom. The predicted molar refractivity (Wildman–Crippen MR) is 70.3 cm³/mol. The third kappa shape index (κ3) is 3.42. The van der Waals surface area contributed by atoms with Crippen LogP contribution in [0.15, 0.2) is 16.7 Å². The molecule has 1 aromatic rings. The van der Waals surface area contributed by atoms with Gasteiger partial charge in [0.05, 0.1) is 16.7 Å². The third-order valence-electron chi connectivity index (χ3n) is 2.88. The van der Waals surface area contributed by atoms with E-state index in [2.05, 4.69) is 34.8 Å². The van der Waals surface area contributed by atoms with Crippen molar-refractivity contribution in [2.24, 2.45) is 0 Å². The molecule has 0 N–H and O–H groups in total. The Bertz CT molecular complexity index is 387. The van der Waals surface area contributed by atoms with Crippen LogP contribution in [0.4, 0.5) is 0 Å². The minimum atomic E-state index is 0.195. The molecule has 1 aliphatic rings. The van der Waals surface area contributed by atoms with Gasteiger partial charge in [-0.25, -0.2) is 4.98 Å². The first-order valence-electron chi connectivity index (χ1n) is 5.99. The molecule has 0 radical (unpaired) electrons. The van der Waals surface area contributed by atoms with Gasteiger partial charge in [-0.15, -0.1) is 0 Å². The topological polar surface area (TPSA) is 31.4 Å². The van der Waals surface area contributed by atoms with Gasteiger partial charge in [-0.1, -0.05) is 0 Å². The van der Waals surface area contributed by atoms with Crippen LogP contribution in [0, 0.1) is 6.92 Å². The molecule has 2 heterocycles. The molecule has 17 heavy (non-hydrogen) atoms. The summed E-state index contributed by atoms with van der Waals surface area (Å²) in [6.07, 6.45) is 4.38. The second-order valence-corrected chi connectivity index (χ2v) is 5.62. The van der Waals surface area contributed by atoms with Crippen molar-refractivity contribution in [3.05, 3.63) is 22.3 Å². The zero-order valence-electron chi connectivity index (χ0n) is 10.4. The van der Waals surface area contributed by atoms with Crippen molar-refractivity contribution < 1.29 is 9.47 Å². The van der Waals surface area contributed by atoms with Crippen LogP contribution < -0.4 is 4.74 Å². The van der Waals surface area contributed by atoms with E-state index in [1.807, 2.05) is 19.2 Å². The number of rotatable bonds is 2. The van der Waals surface area contributed by atoms with Crippen molar-refractivity contribution in [3.8, 4) is 5.88 Å². The summed E-state index contributed by atoms with van der Waals surface area (Å²) >= 11 is 3.49. The van der Waals surface area contributed by atoms with Crippen LogP contribution in [0.2, 0.25) is 0 Å². The van der Waals surface area contributed by atoms with Crippen molar-refractivity contribution >= 4 is 15.9 Å². The average Bonchev–Trinajstić information content (AvgIpc) is 2.21. The lowest BCUT2D eigenvalue weighted by molar-refractivity contribution is -0.0731. The van der Waals surface area contributed by atoms with E-state index in [9.17, 15) is 0 Å². The predicted octanol–water partition coefficient (Wildman–Crippen LogP) is 3.49. The molecule has 0 aromatic carbocycles. The molecule has 4 heteroatoms. The highest BCUT2D eigenvalue weighted by molar-refractivity contribution is 9.10. The van der Waals surface area contributed by atoms with Gasteiger partial charge in [0.25, 0.3) is 0 Å². The number of ether oxygens (including phenoxy) is 2. The molecular weight excluding hydrogens is 282 g/mol. The molecule has 0 aliphatic carbocycles. The maximum atomic E-state index is 5.94. The fourth-order valence-corrected chi connectivity index (χ4v) is 2.76. The molecule has 0 saturated carbocycles. The van der Waals surface area contributed by atoms with E-state index in [0.717, 1.165) is 22.9 Å². The second kappa shape index (κ2) is 5.36. The highest BCUT2D eigenvalue weighted by Crippen LogP contribution is 2.28. The minimum absolute atomic E-state index is 0.195. The Labute approximate surface area is 111 Å². The average molecular weight is 300 g/mol.